The first-order chi connectivity index (χ1) is 16.0. The van der Waals surface area contributed by atoms with Gasteiger partial charge in [0.25, 0.3) is 0 Å². The third-order valence-electron chi connectivity index (χ3n) is 5.68. The molecule has 33 heavy (non-hydrogen) atoms. The smallest absolute Gasteiger partial charge is 0.229 e. The van der Waals surface area contributed by atoms with Crippen molar-refractivity contribution in [1.29, 1.82) is 0 Å². The van der Waals surface area contributed by atoms with E-state index in [1.165, 1.54) is 5.69 Å². The number of allylic oxidation sites excluding steroid dienone is 3. The van der Waals surface area contributed by atoms with Gasteiger partial charge < -0.3 is 20.9 Å². The molecular formula is C25H30N8. The molecule has 3 N–H and O–H groups in total. The number of nitrogens with zero attached hydrogens (tertiary/aromatic N) is 5. The normalized spacial score (nSPS) is 14.2. The Morgan fingerprint density at radius 3 is 2.58 bits per heavy atom. The van der Waals surface area contributed by atoms with E-state index in [9.17, 15) is 0 Å². The van der Waals surface area contributed by atoms with E-state index in [2.05, 4.69) is 66.9 Å². The van der Waals surface area contributed by atoms with Gasteiger partial charge in [0, 0.05) is 54.9 Å². The minimum atomic E-state index is 0.528. The SMILES string of the molecule is C=C/C=C(/C)c1nncc(Nc2nc(Nc3ccc(N4CCNCC4)cc3)ncc2C)c1C. The number of rotatable bonds is 7. The molecule has 1 aliphatic heterocycles. The maximum absolute atomic E-state index is 4.70. The molecule has 1 aromatic carbocycles. The molecule has 0 unspecified atom stereocenters. The zero-order chi connectivity index (χ0) is 23.2. The molecule has 1 fully saturated rings. The van der Waals surface area contributed by atoms with Crippen LogP contribution in [-0.4, -0.2) is 46.3 Å². The molecule has 3 aromatic rings. The molecule has 4 rings (SSSR count). The Kier molecular flexibility index (Phi) is 6.95. The van der Waals surface area contributed by atoms with Gasteiger partial charge in [0.05, 0.1) is 17.6 Å². The lowest BCUT2D eigenvalue weighted by Crippen LogP contribution is -2.43. The maximum Gasteiger partial charge on any atom is 0.229 e. The van der Waals surface area contributed by atoms with E-state index in [0.717, 1.165) is 65.8 Å². The van der Waals surface area contributed by atoms with Gasteiger partial charge in [-0.25, -0.2) is 4.98 Å². The van der Waals surface area contributed by atoms with Crippen molar-refractivity contribution in [2.45, 2.75) is 20.8 Å². The van der Waals surface area contributed by atoms with Gasteiger partial charge in [-0.1, -0.05) is 18.7 Å². The first-order valence-corrected chi connectivity index (χ1v) is 11.1. The van der Waals surface area contributed by atoms with E-state index in [0.29, 0.717) is 5.95 Å². The van der Waals surface area contributed by atoms with Crippen molar-refractivity contribution in [3.05, 3.63) is 72.2 Å². The Morgan fingerprint density at radius 2 is 1.85 bits per heavy atom. The lowest BCUT2D eigenvalue weighted by Gasteiger charge is -2.29. The van der Waals surface area contributed by atoms with Crippen molar-refractivity contribution in [2.24, 2.45) is 0 Å². The van der Waals surface area contributed by atoms with Crippen molar-refractivity contribution < 1.29 is 0 Å². The third-order valence-corrected chi connectivity index (χ3v) is 5.68. The standard InChI is InChI=1S/C25H30N8/c1-5-6-17(2)23-19(4)22(16-28-32-23)30-24-18(3)15-27-25(31-24)29-20-7-9-21(10-8-20)33-13-11-26-12-14-33/h5-10,15-16,26H,1,11-14H2,2-4H3,(H2,27,29,30,31,32)/b17-6-. The van der Waals surface area contributed by atoms with Gasteiger partial charge in [-0.2, -0.15) is 15.2 Å². The molecule has 0 radical (unpaired) electrons. The summed E-state index contributed by atoms with van der Waals surface area (Å²) in [7, 11) is 0. The van der Waals surface area contributed by atoms with Crippen molar-refractivity contribution in [1.82, 2.24) is 25.5 Å². The van der Waals surface area contributed by atoms with Gasteiger partial charge in [0.15, 0.2) is 0 Å². The van der Waals surface area contributed by atoms with Gasteiger partial charge in [-0.3, -0.25) is 0 Å². The first-order valence-electron chi connectivity index (χ1n) is 11.1. The predicted octanol–water partition coefficient (Wildman–Crippen LogP) is 4.37. The van der Waals surface area contributed by atoms with Crippen molar-refractivity contribution in [3.8, 4) is 0 Å². The quantitative estimate of drug-likeness (QED) is 0.465. The van der Waals surface area contributed by atoms with E-state index in [4.69, 9.17) is 4.98 Å². The molecule has 0 spiro atoms. The van der Waals surface area contributed by atoms with Gasteiger partial charge in [-0.15, -0.1) is 0 Å². The van der Waals surface area contributed by atoms with Crippen LogP contribution in [0.3, 0.4) is 0 Å². The monoisotopic (exact) mass is 442 g/mol. The molecule has 0 saturated carbocycles. The second-order valence-corrected chi connectivity index (χ2v) is 8.08. The number of benzene rings is 1. The van der Waals surface area contributed by atoms with Crippen LogP contribution in [-0.2, 0) is 0 Å². The summed E-state index contributed by atoms with van der Waals surface area (Å²) in [5.74, 6) is 1.25. The molecule has 0 atom stereocenters. The summed E-state index contributed by atoms with van der Waals surface area (Å²) in [5, 5.41) is 18.5. The lowest BCUT2D eigenvalue weighted by atomic mass is 10.1. The van der Waals surface area contributed by atoms with Crippen LogP contribution in [0.25, 0.3) is 5.57 Å². The van der Waals surface area contributed by atoms with Crippen LogP contribution >= 0.6 is 0 Å². The van der Waals surface area contributed by atoms with E-state index in [-0.39, 0.29) is 0 Å². The number of anilines is 5. The number of nitrogens with one attached hydrogen (secondary N) is 3. The minimum absolute atomic E-state index is 0.528. The number of aryl methyl sites for hydroxylation is 1. The van der Waals surface area contributed by atoms with Gasteiger partial charge >= 0.3 is 0 Å². The predicted molar refractivity (Wildman–Crippen MR) is 135 cm³/mol. The molecule has 0 bridgehead atoms. The van der Waals surface area contributed by atoms with Gasteiger partial charge in [0.1, 0.15) is 5.82 Å². The fourth-order valence-electron chi connectivity index (χ4n) is 3.76. The fourth-order valence-corrected chi connectivity index (χ4v) is 3.76. The van der Waals surface area contributed by atoms with Crippen LogP contribution in [0.5, 0.6) is 0 Å². The molecule has 8 heteroatoms. The largest absolute Gasteiger partial charge is 0.369 e. The molecule has 0 amide bonds. The summed E-state index contributed by atoms with van der Waals surface area (Å²) >= 11 is 0. The Hall–Kier alpha value is -3.78. The van der Waals surface area contributed by atoms with Gasteiger partial charge in [-0.05, 0) is 50.6 Å². The lowest BCUT2D eigenvalue weighted by molar-refractivity contribution is 0.589. The summed E-state index contributed by atoms with van der Waals surface area (Å²) < 4.78 is 0. The summed E-state index contributed by atoms with van der Waals surface area (Å²) in [6.07, 6.45) is 7.19. The summed E-state index contributed by atoms with van der Waals surface area (Å²) in [4.78, 5) is 11.5. The molecule has 0 aliphatic carbocycles. The number of piperazine rings is 1. The highest BCUT2D eigenvalue weighted by atomic mass is 15.2. The highest BCUT2D eigenvalue weighted by molar-refractivity contribution is 5.72. The molecule has 1 saturated heterocycles. The molecule has 1 aliphatic rings. The minimum Gasteiger partial charge on any atom is -0.369 e. The number of hydrogen-bond donors (Lipinski definition) is 3. The van der Waals surface area contributed by atoms with Gasteiger partial charge in [0.2, 0.25) is 5.95 Å². The zero-order valence-electron chi connectivity index (χ0n) is 19.4. The van der Waals surface area contributed by atoms with Crippen molar-refractivity contribution in [2.75, 3.05) is 41.7 Å². The first kappa shape index (κ1) is 22.4. The number of aromatic nitrogens is 4. The molecular weight excluding hydrogens is 412 g/mol. The zero-order valence-corrected chi connectivity index (χ0v) is 19.4. The average Bonchev–Trinajstić information content (AvgIpc) is 2.83. The Labute approximate surface area is 194 Å². The maximum atomic E-state index is 4.70. The van der Waals surface area contributed by atoms with E-state index < -0.39 is 0 Å². The summed E-state index contributed by atoms with van der Waals surface area (Å²) in [6.45, 7) is 13.8. The Bertz CT molecular complexity index is 1150. The molecule has 170 valence electrons. The van der Waals surface area contributed by atoms with Crippen molar-refractivity contribution >= 4 is 34.4 Å². The highest BCUT2D eigenvalue weighted by Gasteiger charge is 2.12. The second kappa shape index (κ2) is 10.2. The molecule has 8 nitrogen and oxygen atoms in total. The van der Waals surface area contributed by atoms with Crippen LogP contribution in [0, 0.1) is 13.8 Å². The van der Waals surface area contributed by atoms with E-state index in [1.54, 1.807) is 18.5 Å². The second-order valence-electron chi connectivity index (χ2n) is 8.08. The van der Waals surface area contributed by atoms with E-state index >= 15 is 0 Å². The van der Waals surface area contributed by atoms with Crippen LogP contribution in [0.2, 0.25) is 0 Å². The molecule has 3 heterocycles. The van der Waals surface area contributed by atoms with Crippen LogP contribution < -0.4 is 20.9 Å². The third kappa shape index (κ3) is 5.35. The Morgan fingerprint density at radius 1 is 1.09 bits per heavy atom. The van der Waals surface area contributed by atoms with Crippen LogP contribution in [0.1, 0.15) is 23.7 Å². The summed E-state index contributed by atoms with van der Waals surface area (Å²) in [5.41, 5.74) is 6.79. The van der Waals surface area contributed by atoms with E-state index in [1.807, 2.05) is 26.8 Å². The topological polar surface area (TPSA) is 90.9 Å². The fraction of sp³-hybridized carbons (Fsp3) is 0.280. The molecule has 2 aromatic heterocycles. The average molecular weight is 443 g/mol. The number of hydrogen-bond acceptors (Lipinski definition) is 8. The Balaban J connectivity index is 1.51. The summed E-state index contributed by atoms with van der Waals surface area (Å²) in [6, 6.07) is 8.39. The van der Waals surface area contributed by atoms with Crippen molar-refractivity contribution in [3.63, 3.8) is 0 Å². The van der Waals surface area contributed by atoms with Crippen LogP contribution in [0.15, 0.2) is 55.4 Å². The highest BCUT2D eigenvalue weighted by Crippen LogP contribution is 2.27. The van der Waals surface area contributed by atoms with Crippen LogP contribution in [0.4, 0.5) is 28.8 Å².